The van der Waals surface area contributed by atoms with E-state index in [0.29, 0.717) is 19.4 Å². The highest BCUT2D eigenvalue weighted by atomic mass is 16.5. The van der Waals surface area contributed by atoms with Crippen LogP contribution in [0.5, 0.6) is 0 Å². The second-order valence-electron chi connectivity index (χ2n) is 5.67. The van der Waals surface area contributed by atoms with Gasteiger partial charge in [0.1, 0.15) is 5.92 Å². The van der Waals surface area contributed by atoms with E-state index in [0.717, 1.165) is 0 Å². The Balaban J connectivity index is 2.32. The van der Waals surface area contributed by atoms with E-state index in [1.807, 2.05) is 13.8 Å². The minimum atomic E-state index is -1.11. The average molecular weight is 258 g/mol. The molecule has 0 radical (unpaired) electrons. The molecule has 2 fully saturated rings. The summed E-state index contributed by atoms with van der Waals surface area (Å²) in [6.07, 6.45) is 0.831. The molecule has 2 aliphatic heterocycles. The van der Waals surface area contributed by atoms with Crippen LogP contribution >= 0.6 is 0 Å². The molecule has 0 amide bonds. The lowest BCUT2D eigenvalue weighted by Crippen LogP contribution is -2.52. The van der Waals surface area contributed by atoms with Gasteiger partial charge in [0.05, 0.1) is 30.3 Å². The van der Waals surface area contributed by atoms with Gasteiger partial charge in [-0.05, 0) is 13.8 Å². The lowest BCUT2D eigenvalue weighted by Gasteiger charge is -2.44. The van der Waals surface area contributed by atoms with Crippen molar-refractivity contribution in [2.45, 2.75) is 37.9 Å². The Morgan fingerprint density at radius 2 is 1.83 bits per heavy atom. The van der Waals surface area contributed by atoms with Crippen molar-refractivity contribution in [3.63, 3.8) is 0 Å². The molecule has 0 aromatic heterocycles. The number of carboxylic acids is 2. The van der Waals surface area contributed by atoms with Gasteiger partial charge >= 0.3 is 11.9 Å². The summed E-state index contributed by atoms with van der Waals surface area (Å²) in [5, 5.41) is 18.4. The van der Waals surface area contributed by atoms with Crippen LogP contribution < -0.4 is 0 Å². The van der Waals surface area contributed by atoms with Gasteiger partial charge in [-0.2, -0.15) is 0 Å². The molecule has 3 atom stereocenters. The maximum atomic E-state index is 11.4. The van der Waals surface area contributed by atoms with Crippen LogP contribution in [0, 0.1) is 11.8 Å². The highest BCUT2D eigenvalue weighted by Crippen LogP contribution is 2.47. The quantitative estimate of drug-likeness (QED) is 0.759. The molecule has 3 unspecified atom stereocenters. The fourth-order valence-corrected chi connectivity index (χ4v) is 3.17. The zero-order valence-corrected chi connectivity index (χ0v) is 10.5. The van der Waals surface area contributed by atoms with Crippen LogP contribution in [0.2, 0.25) is 0 Å². The van der Waals surface area contributed by atoms with Gasteiger partial charge in [-0.3, -0.25) is 9.59 Å². The van der Waals surface area contributed by atoms with Crippen LogP contribution in [0.1, 0.15) is 26.7 Å². The van der Waals surface area contributed by atoms with Gasteiger partial charge in [0.15, 0.2) is 0 Å². The smallest absolute Gasteiger partial charge is 0.310 e. The molecule has 18 heavy (non-hydrogen) atoms. The van der Waals surface area contributed by atoms with Gasteiger partial charge in [-0.25, -0.2) is 0 Å². The third-order valence-electron chi connectivity index (χ3n) is 3.85. The zero-order valence-electron chi connectivity index (χ0n) is 10.5. The third-order valence-corrected chi connectivity index (χ3v) is 3.85. The van der Waals surface area contributed by atoms with E-state index in [9.17, 15) is 14.7 Å². The fourth-order valence-electron chi connectivity index (χ4n) is 3.17. The van der Waals surface area contributed by atoms with Gasteiger partial charge in [0, 0.05) is 12.8 Å². The van der Waals surface area contributed by atoms with E-state index in [4.69, 9.17) is 14.6 Å². The van der Waals surface area contributed by atoms with Crippen molar-refractivity contribution < 1.29 is 29.3 Å². The molecular formula is C12H18O6. The number of hydrogen-bond acceptors (Lipinski definition) is 4. The highest BCUT2D eigenvalue weighted by molar-refractivity contribution is 5.82. The van der Waals surface area contributed by atoms with Crippen LogP contribution in [0.15, 0.2) is 0 Å². The molecule has 0 aromatic carbocycles. The molecule has 2 aliphatic rings. The summed E-state index contributed by atoms with van der Waals surface area (Å²) in [6, 6.07) is 0. The van der Waals surface area contributed by atoms with E-state index in [-0.39, 0.29) is 6.61 Å². The minimum absolute atomic E-state index is 0.0393. The van der Waals surface area contributed by atoms with Gasteiger partial charge < -0.3 is 19.7 Å². The highest BCUT2D eigenvalue weighted by Gasteiger charge is 2.59. The predicted octanol–water partition coefficient (Wildman–Crippen LogP) is 0.746. The number of carbonyl (C=O) groups is 2. The van der Waals surface area contributed by atoms with Crippen molar-refractivity contribution in [3.8, 4) is 0 Å². The maximum absolute atomic E-state index is 11.4. The lowest BCUT2D eigenvalue weighted by atomic mass is 9.72. The van der Waals surface area contributed by atoms with Crippen LogP contribution in [0.25, 0.3) is 0 Å². The third kappa shape index (κ3) is 2.10. The molecular weight excluding hydrogens is 240 g/mol. The van der Waals surface area contributed by atoms with E-state index >= 15 is 0 Å². The summed E-state index contributed by atoms with van der Waals surface area (Å²) < 4.78 is 11.2. The maximum Gasteiger partial charge on any atom is 0.310 e. The molecule has 102 valence electrons. The second-order valence-corrected chi connectivity index (χ2v) is 5.67. The van der Waals surface area contributed by atoms with E-state index in [1.165, 1.54) is 0 Å². The molecule has 2 saturated heterocycles. The van der Waals surface area contributed by atoms with Gasteiger partial charge in [-0.1, -0.05) is 0 Å². The van der Waals surface area contributed by atoms with E-state index in [1.54, 1.807) is 0 Å². The molecule has 6 heteroatoms. The van der Waals surface area contributed by atoms with Crippen molar-refractivity contribution in [1.82, 2.24) is 0 Å². The number of rotatable bonds is 2. The first kappa shape index (κ1) is 13.3. The predicted molar refractivity (Wildman–Crippen MR) is 60.2 cm³/mol. The van der Waals surface area contributed by atoms with Gasteiger partial charge in [-0.15, -0.1) is 0 Å². The van der Waals surface area contributed by atoms with Crippen molar-refractivity contribution >= 4 is 11.9 Å². The summed E-state index contributed by atoms with van der Waals surface area (Å²) in [5.41, 5.74) is -1.39. The number of carboxylic acid groups (broad SMARTS) is 2. The minimum Gasteiger partial charge on any atom is -0.481 e. The van der Waals surface area contributed by atoms with Crippen LogP contribution in [-0.2, 0) is 19.1 Å². The lowest BCUT2D eigenvalue weighted by molar-refractivity contribution is -0.178. The zero-order chi connectivity index (χ0) is 13.6. The van der Waals surface area contributed by atoms with Crippen LogP contribution in [0.3, 0.4) is 0 Å². The van der Waals surface area contributed by atoms with E-state index < -0.39 is 35.0 Å². The first-order valence-corrected chi connectivity index (χ1v) is 6.01. The fraction of sp³-hybridized carbons (Fsp3) is 0.833. The van der Waals surface area contributed by atoms with Crippen molar-refractivity contribution in [1.29, 1.82) is 0 Å². The summed E-state index contributed by atoms with van der Waals surface area (Å²) in [4.78, 5) is 22.5. The molecule has 0 bridgehead atoms. The van der Waals surface area contributed by atoms with Crippen LogP contribution in [-0.4, -0.2) is 46.6 Å². The molecule has 2 heterocycles. The Labute approximate surface area is 105 Å². The Morgan fingerprint density at radius 3 is 2.33 bits per heavy atom. The normalized spacial score (nSPS) is 38.8. The topological polar surface area (TPSA) is 93.1 Å². The molecule has 1 spiro atoms. The number of hydrogen-bond donors (Lipinski definition) is 2. The summed E-state index contributed by atoms with van der Waals surface area (Å²) in [5.74, 6) is -4.18. The van der Waals surface area contributed by atoms with Crippen molar-refractivity contribution in [2.24, 2.45) is 11.8 Å². The van der Waals surface area contributed by atoms with Crippen LogP contribution in [0.4, 0.5) is 0 Å². The SMILES string of the molecule is CC1(C)CC2(CCO1)OCC(C(=O)O)C2C(=O)O. The molecule has 2 rings (SSSR count). The van der Waals surface area contributed by atoms with Crippen molar-refractivity contribution in [2.75, 3.05) is 13.2 Å². The number of ether oxygens (including phenoxy) is 2. The second kappa shape index (κ2) is 4.20. The van der Waals surface area contributed by atoms with Crippen molar-refractivity contribution in [3.05, 3.63) is 0 Å². The van der Waals surface area contributed by atoms with Gasteiger partial charge in [0.25, 0.3) is 0 Å². The number of aliphatic carboxylic acids is 2. The molecule has 2 N–H and O–H groups in total. The summed E-state index contributed by atoms with van der Waals surface area (Å²) in [6.45, 7) is 4.08. The Morgan fingerprint density at radius 1 is 1.17 bits per heavy atom. The monoisotopic (exact) mass is 258 g/mol. The molecule has 0 saturated carbocycles. The molecule has 0 aromatic rings. The first-order valence-electron chi connectivity index (χ1n) is 6.01. The molecule has 0 aliphatic carbocycles. The van der Waals surface area contributed by atoms with E-state index in [2.05, 4.69) is 0 Å². The Hall–Kier alpha value is -1.14. The standard InChI is InChI=1S/C12H18O6/c1-11(2)6-12(3-4-17-11)8(10(15)16)7(5-18-12)9(13)14/h7-8H,3-6H2,1-2H3,(H,13,14)(H,15,16). The summed E-state index contributed by atoms with van der Waals surface area (Å²) >= 11 is 0. The Bertz CT molecular complexity index is 377. The largest absolute Gasteiger partial charge is 0.481 e. The average Bonchev–Trinajstić information content (AvgIpc) is 2.55. The van der Waals surface area contributed by atoms with Gasteiger partial charge in [0.2, 0.25) is 0 Å². The Kier molecular flexibility index (Phi) is 3.11. The first-order chi connectivity index (χ1) is 8.27. The summed E-state index contributed by atoms with van der Waals surface area (Å²) in [7, 11) is 0. The molecule has 6 nitrogen and oxygen atoms in total.